The van der Waals surface area contributed by atoms with Gasteiger partial charge in [0.05, 0.1) is 30.3 Å². The van der Waals surface area contributed by atoms with Crippen LogP contribution in [0.3, 0.4) is 0 Å². The maximum absolute atomic E-state index is 14.1. The SMILES string of the molecule is CC(=O)OCCOCCN1CCC(CNC(=O)[C@@H]2CCCN2S(=O)(=O)c2ccc(Cl)c(COc3cccc4c(-n5ccnc5)cc(C)nc34)c2Cl)CC1. The highest BCUT2D eigenvalue weighted by atomic mass is 35.5. The number of sulfonamides is 1. The van der Waals surface area contributed by atoms with Crippen LogP contribution < -0.4 is 10.1 Å². The summed E-state index contributed by atoms with van der Waals surface area (Å²) < 4.78 is 48.0. The molecule has 53 heavy (non-hydrogen) atoms. The number of aryl methyl sites for hydroxylation is 1. The third kappa shape index (κ3) is 9.30. The lowest BCUT2D eigenvalue weighted by Gasteiger charge is -2.32. The third-order valence-corrected chi connectivity index (χ3v) is 12.5. The van der Waals surface area contributed by atoms with Crippen molar-refractivity contribution in [2.45, 2.75) is 57.1 Å². The molecule has 6 rings (SSSR count). The molecule has 13 nitrogen and oxygen atoms in total. The van der Waals surface area contributed by atoms with Gasteiger partial charge in [-0.15, -0.1) is 0 Å². The third-order valence-electron chi connectivity index (χ3n) is 9.66. The zero-order valence-electron chi connectivity index (χ0n) is 29.8. The van der Waals surface area contributed by atoms with Crippen LogP contribution in [0.1, 0.15) is 43.9 Å². The molecule has 4 heterocycles. The number of ether oxygens (including phenoxy) is 3. The zero-order chi connectivity index (χ0) is 37.5. The van der Waals surface area contributed by atoms with E-state index >= 15 is 0 Å². The van der Waals surface area contributed by atoms with E-state index in [-0.39, 0.29) is 52.5 Å². The van der Waals surface area contributed by atoms with E-state index in [9.17, 15) is 18.0 Å². The molecule has 2 aromatic heterocycles. The van der Waals surface area contributed by atoms with Gasteiger partial charge in [-0.05, 0) is 75.9 Å². The summed E-state index contributed by atoms with van der Waals surface area (Å²) in [5.41, 5.74) is 2.61. The van der Waals surface area contributed by atoms with Crippen LogP contribution >= 0.6 is 23.2 Å². The Morgan fingerprint density at radius 3 is 2.60 bits per heavy atom. The number of likely N-dealkylation sites (tertiary alicyclic amines) is 1. The zero-order valence-corrected chi connectivity index (χ0v) is 32.1. The quantitative estimate of drug-likeness (QED) is 0.127. The van der Waals surface area contributed by atoms with Gasteiger partial charge in [0.25, 0.3) is 0 Å². The number of benzene rings is 2. The minimum atomic E-state index is -4.16. The van der Waals surface area contributed by atoms with Crippen molar-refractivity contribution in [3.63, 3.8) is 0 Å². The number of hydrogen-bond acceptors (Lipinski definition) is 10. The van der Waals surface area contributed by atoms with Crippen LogP contribution in [0.4, 0.5) is 0 Å². The fourth-order valence-corrected chi connectivity index (χ4v) is 9.37. The standard InChI is InChI=1S/C37H44Cl2N6O7S/c1-25-21-32(44-16-12-40-24-44)28-5-3-7-33(36(28)42-25)52-23-29-30(38)8-9-34(35(29)39)53(48,49)45-13-4-6-31(45)37(47)41-22-27-10-14-43(15-11-27)17-18-50-19-20-51-26(2)46/h3,5,7-9,12,16,21,24,27,31H,4,6,10-11,13-15,17-20,22-23H2,1-2H3,(H,41,47)/t31-/m0/s1. The predicted molar refractivity (Wildman–Crippen MR) is 201 cm³/mol. The lowest BCUT2D eigenvalue weighted by Crippen LogP contribution is -2.47. The van der Waals surface area contributed by atoms with Gasteiger partial charge in [0.2, 0.25) is 15.9 Å². The highest BCUT2D eigenvalue weighted by Gasteiger charge is 2.41. The fourth-order valence-electron chi connectivity index (χ4n) is 6.85. The predicted octanol–water partition coefficient (Wildman–Crippen LogP) is 5.18. The van der Waals surface area contributed by atoms with E-state index in [0.717, 1.165) is 49.2 Å². The molecule has 2 aliphatic rings. The Balaban J connectivity index is 1.07. The summed E-state index contributed by atoms with van der Waals surface area (Å²) in [6, 6.07) is 9.59. The number of piperidine rings is 1. The summed E-state index contributed by atoms with van der Waals surface area (Å²) in [4.78, 5) is 35.4. The number of carbonyl (C=O) groups is 2. The van der Waals surface area contributed by atoms with Gasteiger partial charge in [-0.25, -0.2) is 18.4 Å². The Hall–Kier alpha value is -3.79. The number of imidazole rings is 1. The summed E-state index contributed by atoms with van der Waals surface area (Å²) in [6.45, 7) is 7.54. The number of fused-ring (bicyclic) bond motifs is 1. The number of pyridine rings is 1. The van der Waals surface area contributed by atoms with Crippen molar-refractivity contribution in [1.82, 2.24) is 29.1 Å². The Morgan fingerprint density at radius 1 is 1.04 bits per heavy atom. The normalized spacial score (nSPS) is 17.3. The molecule has 0 spiro atoms. The van der Waals surface area contributed by atoms with E-state index in [0.29, 0.717) is 49.4 Å². The molecule has 0 unspecified atom stereocenters. The van der Waals surface area contributed by atoms with Gasteiger partial charge in [0.15, 0.2) is 0 Å². The number of amides is 1. The largest absolute Gasteiger partial charge is 0.487 e. The number of esters is 1. The molecule has 0 bridgehead atoms. The summed E-state index contributed by atoms with van der Waals surface area (Å²) in [6.07, 6.45) is 8.05. The topological polar surface area (TPSA) is 145 Å². The smallest absolute Gasteiger partial charge is 0.302 e. The highest BCUT2D eigenvalue weighted by molar-refractivity contribution is 7.89. The van der Waals surface area contributed by atoms with Gasteiger partial charge in [-0.2, -0.15) is 4.31 Å². The molecule has 0 radical (unpaired) electrons. The lowest BCUT2D eigenvalue weighted by atomic mass is 9.96. The van der Waals surface area contributed by atoms with E-state index in [1.54, 1.807) is 18.6 Å². The molecule has 4 aromatic rings. The average Bonchev–Trinajstić information content (AvgIpc) is 3.86. The van der Waals surface area contributed by atoms with Crippen molar-refractivity contribution in [2.24, 2.45) is 5.92 Å². The van der Waals surface area contributed by atoms with Gasteiger partial charge in [-0.1, -0.05) is 35.3 Å². The molecular formula is C37H44Cl2N6O7S. The van der Waals surface area contributed by atoms with Crippen molar-refractivity contribution in [1.29, 1.82) is 0 Å². The Labute approximate surface area is 319 Å². The number of hydrogen-bond donors (Lipinski definition) is 1. The maximum Gasteiger partial charge on any atom is 0.302 e. The Bertz CT molecular complexity index is 2020. The molecule has 2 saturated heterocycles. The minimum Gasteiger partial charge on any atom is -0.487 e. The Kier molecular flexibility index (Phi) is 12.9. The first-order valence-corrected chi connectivity index (χ1v) is 19.9. The van der Waals surface area contributed by atoms with Gasteiger partial charge in [0.1, 0.15) is 35.4 Å². The number of nitrogens with zero attached hydrogens (tertiary/aromatic N) is 5. The van der Waals surface area contributed by atoms with E-state index < -0.39 is 16.1 Å². The number of rotatable bonds is 15. The van der Waals surface area contributed by atoms with E-state index in [1.165, 1.54) is 23.4 Å². The van der Waals surface area contributed by atoms with Crippen LogP contribution in [0.25, 0.3) is 16.6 Å². The molecule has 1 amide bonds. The second-order valence-corrected chi connectivity index (χ2v) is 15.9. The number of halogens is 2. The van der Waals surface area contributed by atoms with E-state index in [2.05, 4.69) is 15.2 Å². The van der Waals surface area contributed by atoms with Crippen molar-refractivity contribution < 1.29 is 32.2 Å². The van der Waals surface area contributed by atoms with Crippen molar-refractivity contribution in [3.8, 4) is 11.4 Å². The van der Waals surface area contributed by atoms with Gasteiger partial charge in [-0.3, -0.25) is 9.59 Å². The number of para-hydroxylation sites is 1. The molecule has 284 valence electrons. The van der Waals surface area contributed by atoms with Crippen molar-refractivity contribution in [2.75, 3.05) is 52.5 Å². The summed E-state index contributed by atoms with van der Waals surface area (Å²) in [7, 11) is -4.16. The first-order valence-electron chi connectivity index (χ1n) is 17.7. The second-order valence-electron chi connectivity index (χ2n) is 13.3. The summed E-state index contributed by atoms with van der Waals surface area (Å²) in [5.74, 6) is 0.145. The average molecular weight is 788 g/mol. The van der Waals surface area contributed by atoms with Crippen LogP contribution in [0.2, 0.25) is 10.0 Å². The highest BCUT2D eigenvalue weighted by Crippen LogP contribution is 2.37. The minimum absolute atomic E-state index is 0.0476. The molecule has 0 saturated carbocycles. The summed E-state index contributed by atoms with van der Waals surface area (Å²) in [5, 5.41) is 4.08. The van der Waals surface area contributed by atoms with Crippen LogP contribution in [-0.4, -0.2) is 103 Å². The molecular weight excluding hydrogens is 743 g/mol. The number of carbonyl (C=O) groups excluding carboxylic acids is 2. The molecule has 1 N–H and O–H groups in total. The fraction of sp³-hybridized carbons (Fsp3) is 0.459. The van der Waals surface area contributed by atoms with Gasteiger partial charge in [0, 0.05) is 60.6 Å². The van der Waals surface area contributed by atoms with Crippen molar-refractivity contribution in [3.05, 3.63) is 76.4 Å². The van der Waals surface area contributed by atoms with Crippen molar-refractivity contribution >= 4 is 56.0 Å². The Morgan fingerprint density at radius 2 is 1.85 bits per heavy atom. The number of aromatic nitrogens is 3. The maximum atomic E-state index is 14.1. The van der Waals surface area contributed by atoms with Gasteiger partial charge >= 0.3 is 5.97 Å². The number of nitrogens with one attached hydrogen (secondary N) is 1. The van der Waals surface area contributed by atoms with E-state index in [4.69, 9.17) is 42.4 Å². The first-order chi connectivity index (χ1) is 25.5. The molecule has 2 fully saturated rings. The van der Waals surface area contributed by atoms with E-state index in [1.807, 2.05) is 35.9 Å². The molecule has 16 heteroatoms. The monoisotopic (exact) mass is 786 g/mol. The van der Waals surface area contributed by atoms with Gasteiger partial charge < -0.3 is 29.0 Å². The molecule has 2 aliphatic heterocycles. The van der Waals surface area contributed by atoms with Crippen LogP contribution in [0, 0.1) is 12.8 Å². The van der Waals surface area contributed by atoms with Crippen LogP contribution in [0.15, 0.2) is 60.0 Å². The van der Waals surface area contributed by atoms with Crippen LogP contribution in [0.5, 0.6) is 5.75 Å². The molecule has 2 aromatic carbocycles. The van der Waals surface area contributed by atoms with Crippen LogP contribution in [-0.2, 0) is 35.7 Å². The lowest BCUT2D eigenvalue weighted by molar-refractivity contribution is -0.142. The second kappa shape index (κ2) is 17.6. The molecule has 1 atom stereocenters. The molecule has 0 aliphatic carbocycles. The first kappa shape index (κ1) is 38.9. The summed E-state index contributed by atoms with van der Waals surface area (Å²) >= 11 is 13.4.